The van der Waals surface area contributed by atoms with Gasteiger partial charge < -0.3 is 15.7 Å². The number of carbonyl (C=O) groups excluding carboxylic acids is 1. The van der Waals surface area contributed by atoms with Gasteiger partial charge >= 0.3 is 0 Å². The number of benzene rings is 1. The van der Waals surface area contributed by atoms with Crippen LogP contribution in [0.2, 0.25) is 0 Å². The molecular formula is C16H24N2O2. The van der Waals surface area contributed by atoms with E-state index < -0.39 is 0 Å². The van der Waals surface area contributed by atoms with Crippen molar-refractivity contribution in [2.45, 2.75) is 25.7 Å². The van der Waals surface area contributed by atoms with Gasteiger partial charge in [-0.25, -0.2) is 0 Å². The molecule has 0 radical (unpaired) electrons. The Morgan fingerprint density at radius 3 is 2.60 bits per heavy atom. The van der Waals surface area contributed by atoms with E-state index >= 15 is 0 Å². The van der Waals surface area contributed by atoms with Gasteiger partial charge in [-0.05, 0) is 62.4 Å². The summed E-state index contributed by atoms with van der Waals surface area (Å²) in [5, 5.41) is 14.7. The van der Waals surface area contributed by atoms with Gasteiger partial charge in [0.2, 0.25) is 0 Å². The second kappa shape index (κ2) is 8.02. The van der Waals surface area contributed by atoms with Crippen LogP contribution in [0.3, 0.4) is 0 Å². The van der Waals surface area contributed by atoms with Gasteiger partial charge in [0.15, 0.2) is 0 Å². The molecule has 1 saturated heterocycles. The van der Waals surface area contributed by atoms with Gasteiger partial charge in [0, 0.05) is 12.1 Å². The number of amides is 1. The van der Waals surface area contributed by atoms with E-state index in [4.69, 9.17) is 5.11 Å². The first-order valence-electron chi connectivity index (χ1n) is 7.48. The molecular weight excluding hydrogens is 252 g/mol. The second-order valence-corrected chi connectivity index (χ2v) is 5.41. The van der Waals surface area contributed by atoms with Crippen LogP contribution in [0.5, 0.6) is 0 Å². The second-order valence-electron chi connectivity index (χ2n) is 5.41. The number of aliphatic hydroxyl groups excluding tert-OH is 1. The van der Waals surface area contributed by atoms with Gasteiger partial charge in [0.25, 0.3) is 5.91 Å². The Hall–Kier alpha value is -1.39. The van der Waals surface area contributed by atoms with Gasteiger partial charge in [-0.15, -0.1) is 0 Å². The van der Waals surface area contributed by atoms with Gasteiger partial charge in [0.05, 0.1) is 6.61 Å². The molecule has 2 rings (SSSR count). The third-order valence-electron chi connectivity index (χ3n) is 3.91. The number of hydrogen-bond donors (Lipinski definition) is 3. The summed E-state index contributed by atoms with van der Waals surface area (Å²) in [6, 6.07) is 7.80. The van der Waals surface area contributed by atoms with Crippen LogP contribution < -0.4 is 10.6 Å². The molecule has 0 saturated carbocycles. The van der Waals surface area contributed by atoms with Crippen LogP contribution in [0.1, 0.15) is 35.2 Å². The normalized spacial score (nSPS) is 16.1. The molecule has 1 aromatic carbocycles. The quantitative estimate of drug-likeness (QED) is 0.735. The lowest BCUT2D eigenvalue weighted by Gasteiger charge is -2.22. The van der Waals surface area contributed by atoms with Crippen molar-refractivity contribution in [1.82, 2.24) is 10.6 Å². The average Bonchev–Trinajstić information content (AvgIpc) is 2.52. The molecule has 0 spiro atoms. The monoisotopic (exact) mass is 276 g/mol. The Bertz CT molecular complexity index is 411. The molecule has 4 nitrogen and oxygen atoms in total. The first-order chi connectivity index (χ1) is 9.79. The molecule has 110 valence electrons. The van der Waals surface area contributed by atoms with Crippen molar-refractivity contribution in [2.24, 2.45) is 5.92 Å². The van der Waals surface area contributed by atoms with Crippen molar-refractivity contribution in [1.29, 1.82) is 0 Å². The van der Waals surface area contributed by atoms with Crippen LogP contribution in [0, 0.1) is 5.92 Å². The lowest BCUT2D eigenvalue weighted by Crippen LogP contribution is -2.27. The Morgan fingerprint density at radius 2 is 1.95 bits per heavy atom. The molecule has 1 fully saturated rings. The maximum absolute atomic E-state index is 11.7. The summed E-state index contributed by atoms with van der Waals surface area (Å²) in [6.45, 7) is 2.57. The maximum Gasteiger partial charge on any atom is 0.251 e. The fourth-order valence-electron chi connectivity index (χ4n) is 2.64. The van der Waals surface area contributed by atoms with Crippen molar-refractivity contribution < 1.29 is 9.90 Å². The molecule has 0 aromatic heterocycles. The first kappa shape index (κ1) is 15.0. The minimum absolute atomic E-state index is 0.0277. The van der Waals surface area contributed by atoms with Crippen molar-refractivity contribution in [3.8, 4) is 0 Å². The molecule has 0 unspecified atom stereocenters. The Balaban J connectivity index is 1.80. The smallest absolute Gasteiger partial charge is 0.251 e. The molecule has 0 atom stereocenters. The number of carbonyl (C=O) groups is 1. The lowest BCUT2D eigenvalue weighted by atomic mass is 9.91. The average molecular weight is 276 g/mol. The number of piperidine rings is 1. The van der Waals surface area contributed by atoms with E-state index in [1.54, 1.807) is 0 Å². The highest BCUT2D eigenvalue weighted by Crippen LogP contribution is 2.19. The number of aliphatic hydroxyl groups is 1. The summed E-state index contributed by atoms with van der Waals surface area (Å²) in [5.74, 6) is 0.715. The van der Waals surface area contributed by atoms with Gasteiger partial charge in [-0.3, -0.25) is 4.79 Å². The number of hydrogen-bond acceptors (Lipinski definition) is 3. The summed E-state index contributed by atoms with van der Waals surface area (Å²) in [6.07, 6.45) is 4.88. The highest BCUT2D eigenvalue weighted by atomic mass is 16.3. The fraction of sp³-hybridized carbons (Fsp3) is 0.562. The van der Waals surface area contributed by atoms with E-state index in [1.807, 2.05) is 24.3 Å². The highest BCUT2D eigenvalue weighted by molar-refractivity contribution is 5.94. The summed E-state index contributed by atoms with van der Waals surface area (Å²) in [7, 11) is 0. The predicted molar refractivity (Wildman–Crippen MR) is 79.8 cm³/mol. The standard InChI is InChI=1S/C16H24N2O2/c19-12-11-18-16(20)15-5-3-13(4-6-15)1-2-14-7-9-17-10-8-14/h3-6,14,17,19H,1-2,7-12H2,(H,18,20). The molecule has 0 aliphatic carbocycles. The predicted octanol–water partition coefficient (Wildman–Crippen LogP) is 1.34. The van der Waals surface area contributed by atoms with E-state index in [2.05, 4.69) is 10.6 Å². The number of rotatable bonds is 6. The minimum atomic E-state index is -0.121. The van der Waals surface area contributed by atoms with Gasteiger partial charge in [0.1, 0.15) is 0 Å². The van der Waals surface area contributed by atoms with Gasteiger partial charge in [-0.2, -0.15) is 0 Å². The minimum Gasteiger partial charge on any atom is -0.395 e. The lowest BCUT2D eigenvalue weighted by molar-refractivity contribution is 0.0945. The molecule has 4 heteroatoms. The third-order valence-corrected chi connectivity index (χ3v) is 3.91. The van der Waals surface area contributed by atoms with E-state index in [0.717, 1.165) is 25.4 Å². The maximum atomic E-state index is 11.7. The number of aryl methyl sites for hydroxylation is 1. The zero-order valence-corrected chi connectivity index (χ0v) is 11.9. The Kier molecular flexibility index (Phi) is 6.02. The SMILES string of the molecule is O=C(NCCO)c1ccc(CCC2CCNCC2)cc1. The van der Waals surface area contributed by atoms with Crippen molar-refractivity contribution in [2.75, 3.05) is 26.2 Å². The van der Waals surface area contributed by atoms with E-state index in [0.29, 0.717) is 12.1 Å². The highest BCUT2D eigenvalue weighted by Gasteiger charge is 2.12. The first-order valence-corrected chi connectivity index (χ1v) is 7.48. The molecule has 1 aliphatic heterocycles. The summed E-state index contributed by atoms with van der Waals surface area (Å²) < 4.78 is 0. The Morgan fingerprint density at radius 1 is 1.25 bits per heavy atom. The molecule has 3 N–H and O–H groups in total. The van der Waals surface area contributed by atoms with Crippen LogP contribution in [0.15, 0.2) is 24.3 Å². The zero-order valence-electron chi connectivity index (χ0n) is 11.9. The van der Waals surface area contributed by atoms with Crippen LogP contribution in [-0.4, -0.2) is 37.3 Å². The van der Waals surface area contributed by atoms with E-state index in [-0.39, 0.29) is 12.5 Å². The summed E-state index contributed by atoms with van der Waals surface area (Å²) in [5.41, 5.74) is 1.95. The fourth-order valence-corrected chi connectivity index (χ4v) is 2.64. The van der Waals surface area contributed by atoms with Crippen LogP contribution >= 0.6 is 0 Å². The van der Waals surface area contributed by atoms with Crippen LogP contribution in [0.25, 0.3) is 0 Å². The summed E-state index contributed by atoms with van der Waals surface area (Å²) >= 11 is 0. The molecule has 1 aliphatic rings. The third kappa shape index (κ3) is 4.62. The van der Waals surface area contributed by atoms with E-state index in [1.165, 1.54) is 24.8 Å². The number of nitrogens with one attached hydrogen (secondary N) is 2. The van der Waals surface area contributed by atoms with Crippen LogP contribution in [-0.2, 0) is 6.42 Å². The topological polar surface area (TPSA) is 61.4 Å². The Labute approximate surface area is 120 Å². The van der Waals surface area contributed by atoms with Crippen molar-refractivity contribution in [3.63, 3.8) is 0 Å². The van der Waals surface area contributed by atoms with Crippen LogP contribution in [0.4, 0.5) is 0 Å². The molecule has 0 bridgehead atoms. The molecule has 1 aromatic rings. The van der Waals surface area contributed by atoms with Crippen molar-refractivity contribution in [3.05, 3.63) is 35.4 Å². The zero-order chi connectivity index (χ0) is 14.2. The molecule has 1 heterocycles. The molecule has 1 amide bonds. The molecule has 20 heavy (non-hydrogen) atoms. The van der Waals surface area contributed by atoms with Crippen molar-refractivity contribution >= 4 is 5.91 Å². The largest absolute Gasteiger partial charge is 0.395 e. The van der Waals surface area contributed by atoms with Gasteiger partial charge in [-0.1, -0.05) is 12.1 Å². The van der Waals surface area contributed by atoms with E-state index in [9.17, 15) is 4.79 Å². The summed E-state index contributed by atoms with van der Waals surface area (Å²) in [4.78, 5) is 11.7.